The molecule has 9 rings (SSSR count). The van der Waals surface area contributed by atoms with Gasteiger partial charge >= 0.3 is 17.9 Å². The number of hydrogen-bond donors (Lipinski definition) is 2. The first kappa shape index (κ1) is 44.6. The Kier molecular flexibility index (Phi) is 12.7. The number of morpholine rings is 1. The molecule has 4 aliphatic rings. The molecule has 2 N–H and O–H groups in total. The van der Waals surface area contributed by atoms with Crippen LogP contribution in [0, 0.1) is 23.7 Å². The summed E-state index contributed by atoms with van der Waals surface area (Å²) in [6, 6.07) is 29.8. The maximum atomic E-state index is 16.0. The molecule has 0 unspecified atom stereocenters. The number of esters is 3. The summed E-state index contributed by atoms with van der Waals surface area (Å²) < 4.78 is 22.5. The Morgan fingerprint density at radius 3 is 2.16 bits per heavy atom. The van der Waals surface area contributed by atoms with E-state index in [1.54, 1.807) is 53.7 Å². The number of nitrogens with zero attached hydrogens (tertiary/aromatic N) is 5. The molecule has 1 spiro atoms. The van der Waals surface area contributed by atoms with Gasteiger partial charge in [0.2, 0.25) is 17.8 Å². The van der Waals surface area contributed by atoms with Crippen LogP contribution in [-0.2, 0) is 43.6 Å². The zero-order chi connectivity index (χ0) is 46.7. The largest absolute Gasteiger partial charge is 0.491 e. The van der Waals surface area contributed by atoms with Crippen molar-refractivity contribution in [1.82, 2.24) is 19.8 Å². The molecule has 5 aromatic rings. The highest BCUT2D eigenvalue weighted by Gasteiger charge is 2.74. The molecule has 1 aromatic heterocycles. The van der Waals surface area contributed by atoms with E-state index in [4.69, 9.17) is 18.9 Å². The summed E-state index contributed by atoms with van der Waals surface area (Å²) in [6.45, 7) is 0.878. The number of para-hydroxylation sites is 1. The third kappa shape index (κ3) is 8.00. The van der Waals surface area contributed by atoms with Crippen molar-refractivity contribution in [3.63, 3.8) is 0 Å². The third-order valence-electron chi connectivity index (χ3n) is 13.1. The van der Waals surface area contributed by atoms with Crippen molar-refractivity contribution in [3.05, 3.63) is 149 Å². The molecule has 4 aromatic carbocycles. The molecule has 67 heavy (non-hydrogen) atoms. The van der Waals surface area contributed by atoms with Gasteiger partial charge in [-0.3, -0.25) is 28.9 Å². The molecule has 342 valence electrons. The van der Waals surface area contributed by atoms with Gasteiger partial charge in [0, 0.05) is 61.8 Å². The second kappa shape index (κ2) is 19.1. The number of nitrogens with one attached hydrogen (secondary N) is 1. The molecule has 2 amide bonds. The first-order valence-electron chi connectivity index (χ1n) is 22.0. The highest BCUT2D eigenvalue weighted by atomic mass is 16.6. The monoisotopic (exact) mass is 904 g/mol. The number of carbonyl (C=O) groups is 5. The average molecular weight is 905 g/mol. The van der Waals surface area contributed by atoms with Crippen LogP contribution in [0.4, 0.5) is 11.6 Å². The van der Waals surface area contributed by atoms with Crippen molar-refractivity contribution in [2.24, 2.45) is 11.8 Å². The molecule has 16 heteroatoms. The lowest BCUT2D eigenvalue weighted by atomic mass is 9.64. The molecular weight excluding hydrogens is 857 g/mol. The van der Waals surface area contributed by atoms with Crippen LogP contribution in [0.3, 0.4) is 0 Å². The molecule has 3 fully saturated rings. The number of carbonyl (C=O) groups excluding carboxylic acids is 5. The van der Waals surface area contributed by atoms with E-state index in [0.29, 0.717) is 52.7 Å². The van der Waals surface area contributed by atoms with Crippen molar-refractivity contribution >= 4 is 41.4 Å². The van der Waals surface area contributed by atoms with Crippen LogP contribution < -0.4 is 15.0 Å². The number of amides is 2. The molecule has 0 saturated carbocycles. The predicted molar refractivity (Wildman–Crippen MR) is 242 cm³/mol. The van der Waals surface area contributed by atoms with Crippen LogP contribution >= 0.6 is 0 Å². The number of aliphatic hydroxyl groups excluding tert-OH is 1. The second-order valence-electron chi connectivity index (χ2n) is 16.6. The number of ether oxygens (including phenoxy) is 4. The molecule has 6 atom stereocenters. The van der Waals surface area contributed by atoms with Crippen LogP contribution in [0.15, 0.2) is 122 Å². The van der Waals surface area contributed by atoms with Gasteiger partial charge in [-0.25, -0.2) is 9.97 Å². The van der Waals surface area contributed by atoms with E-state index in [0.717, 1.165) is 5.56 Å². The molecule has 0 radical (unpaired) electrons. The van der Waals surface area contributed by atoms with Gasteiger partial charge in [0.05, 0.1) is 38.8 Å². The molecule has 5 heterocycles. The first-order valence-corrected chi connectivity index (χ1v) is 22.0. The SMILES string of the molecule is COC(=O)C(CC#Cc1ccc2c(c1)[C@]1(C(=O)N2)[C@H](c2ccccc2OCCO)N2[C@H](c3ccccc3)[C@H](c3ccccc3)OC(=O)[C@H]2[C@@H]1C(=O)N1CCN(c2ncccn2)CC1)C(=O)OC. The lowest BCUT2D eigenvalue weighted by molar-refractivity contribution is -0.179. The fourth-order valence-electron chi connectivity index (χ4n) is 10.2. The first-order chi connectivity index (χ1) is 32.7. The molecule has 0 bridgehead atoms. The number of aliphatic hydroxyl groups is 1. The zero-order valence-corrected chi connectivity index (χ0v) is 36.8. The summed E-state index contributed by atoms with van der Waals surface area (Å²) in [4.78, 5) is 86.7. The summed E-state index contributed by atoms with van der Waals surface area (Å²) in [7, 11) is 2.34. The van der Waals surface area contributed by atoms with Gasteiger partial charge in [-0.1, -0.05) is 90.7 Å². The average Bonchev–Trinajstić information content (AvgIpc) is 3.85. The van der Waals surface area contributed by atoms with Crippen LogP contribution in [0.2, 0.25) is 0 Å². The highest BCUT2D eigenvalue weighted by molar-refractivity contribution is 6.12. The lowest BCUT2D eigenvalue weighted by Crippen LogP contribution is -2.58. The van der Waals surface area contributed by atoms with E-state index in [-0.39, 0.29) is 32.7 Å². The smallest absolute Gasteiger partial charge is 0.324 e. The fourth-order valence-corrected chi connectivity index (χ4v) is 10.2. The summed E-state index contributed by atoms with van der Waals surface area (Å²) in [5.41, 5.74) is 1.35. The van der Waals surface area contributed by atoms with Crippen LogP contribution in [-0.4, -0.2) is 114 Å². The van der Waals surface area contributed by atoms with Crippen LogP contribution in [0.25, 0.3) is 0 Å². The Morgan fingerprint density at radius 2 is 1.49 bits per heavy atom. The number of methoxy groups -OCH3 is 2. The fraction of sp³-hybridized carbons (Fsp3) is 0.314. The number of anilines is 2. The molecular formula is C51H48N6O10. The maximum absolute atomic E-state index is 16.0. The molecule has 0 aliphatic carbocycles. The van der Waals surface area contributed by atoms with Gasteiger partial charge in [0.15, 0.2) is 5.92 Å². The zero-order valence-electron chi connectivity index (χ0n) is 36.8. The van der Waals surface area contributed by atoms with Crippen LogP contribution in [0.1, 0.15) is 52.4 Å². The highest BCUT2D eigenvalue weighted by Crippen LogP contribution is 2.66. The number of aromatic nitrogens is 2. The number of rotatable bonds is 11. The summed E-state index contributed by atoms with van der Waals surface area (Å²) in [5.74, 6) is 0.940. The van der Waals surface area contributed by atoms with Gasteiger partial charge in [0.1, 0.15) is 29.9 Å². The predicted octanol–water partition coefficient (Wildman–Crippen LogP) is 4.17. The van der Waals surface area contributed by atoms with E-state index in [9.17, 15) is 14.7 Å². The minimum Gasteiger partial charge on any atom is -0.491 e. The quantitative estimate of drug-likeness (QED) is 0.0832. The summed E-state index contributed by atoms with van der Waals surface area (Å²) in [6.07, 6.45) is 2.20. The number of piperazine rings is 1. The van der Waals surface area contributed by atoms with Crippen molar-refractivity contribution in [2.75, 3.05) is 63.8 Å². The van der Waals surface area contributed by atoms with E-state index < -0.39 is 71.2 Å². The van der Waals surface area contributed by atoms with Crippen molar-refractivity contribution in [1.29, 1.82) is 0 Å². The van der Waals surface area contributed by atoms with Crippen molar-refractivity contribution in [2.45, 2.75) is 36.1 Å². The van der Waals surface area contributed by atoms with E-state index in [2.05, 4.69) is 27.1 Å². The Morgan fingerprint density at radius 1 is 0.836 bits per heavy atom. The van der Waals surface area contributed by atoms with Crippen molar-refractivity contribution < 1.29 is 48.0 Å². The van der Waals surface area contributed by atoms with E-state index >= 15 is 14.4 Å². The number of fused-ring (bicyclic) bond motifs is 3. The third-order valence-corrected chi connectivity index (χ3v) is 13.1. The molecule has 16 nitrogen and oxygen atoms in total. The summed E-state index contributed by atoms with van der Waals surface area (Å²) in [5, 5.41) is 13.1. The summed E-state index contributed by atoms with van der Waals surface area (Å²) >= 11 is 0. The van der Waals surface area contributed by atoms with Gasteiger partial charge < -0.3 is 39.2 Å². The van der Waals surface area contributed by atoms with Crippen molar-refractivity contribution in [3.8, 4) is 17.6 Å². The number of hydrogen-bond acceptors (Lipinski definition) is 14. The van der Waals surface area contributed by atoms with Crippen LogP contribution in [0.5, 0.6) is 5.75 Å². The Labute approximate surface area is 386 Å². The maximum Gasteiger partial charge on any atom is 0.324 e. The molecule has 4 aliphatic heterocycles. The Balaban J connectivity index is 1.27. The standard InChI is InChI=1S/C51H48N6O10/c1-64-46(60)36(47(61)65-2)19-11-13-32-21-22-38-37(31-32)51(49(63)54-38)40(45(59)55-25-27-56(28-26-55)50-52-23-12-24-53-50)42-48(62)67-43(34-16-7-4-8-17-34)41(33-14-5-3-6-15-33)57(42)44(51)35-18-9-10-20-39(35)66-30-29-58/h3-10,12,14-18,20-24,31,36,40-44,58H,19,25-30H2,1-2H3,(H,54,63)/t40-,41-,42-,43+,44+,51-/m1/s1. The topological polar surface area (TPSA) is 190 Å². The minimum absolute atomic E-state index is 0.0740. The number of cyclic esters (lactones) is 1. The normalized spacial score (nSPS) is 23.1. The Bertz CT molecular complexity index is 2710. The van der Waals surface area contributed by atoms with E-state index in [1.807, 2.05) is 82.6 Å². The van der Waals surface area contributed by atoms with Gasteiger partial charge in [-0.05, 0) is 47.0 Å². The molecule has 3 saturated heterocycles. The van der Waals surface area contributed by atoms with Gasteiger partial charge in [-0.2, -0.15) is 0 Å². The number of benzene rings is 4. The second-order valence-corrected chi connectivity index (χ2v) is 16.6. The Hall–Kier alpha value is -7.61. The van der Waals surface area contributed by atoms with Gasteiger partial charge in [0.25, 0.3) is 0 Å². The van der Waals surface area contributed by atoms with Gasteiger partial charge in [-0.15, -0.1) is 0 Å². The van der Waals surface area contributed by atoms with E-state index in [1.165, 1.54) is 14.2 Å². The lowest BCUT2D eigenvalue weighted by Gasteiger charge is -2.46. The minimum atomic E-state index is -1.86.